The van der Waals surface area contributed by atoms with Gasteiger partial charge in [-0.1, -0.05) is 35.4 Å². The summed E-state index contributed by atoms with van der Waals surface area (Å²) in [5.74, 6) is 0. The van der Waals surface area contributed by atoms with Gasteiger partial charge >= 0.3 is 0 Å². The highest BCUT2D eigenvalue weighted by molar-refractivity contribution is 7.11. The van der Waals surface area contributed by atoms with E-state index in [1.54, 1.807) is 48.6 Å². The van der Waals surface area contributed by atoms with Gasteiger partial charge in [0.05, 0.1) is 21.2 Å². The molecule has 0 bridgehead atoms. The number of nitro groups is 1. The van der Waals surface area contributed by atoms with Gasteiger partial charge in [-0.2, -0.15) is 5.26 Å². The minimum Gasteiger partial charge on any atom is -0.258 e. The molecule has 5 nitrogen and oxygen atoms in total. The summed E-state index contributed by atoms with van der Waals surface area (Å²) in [7, 11) is 0. The summed E-state index contributed by atoms with van der Waals surface area (Å²) in [6.45, 7) is 0. The predicted molar refractivity (Wildman–Crippen MR) is 113 cm³/mol. The van der Waals surface area contributed by atoms with Crippen LogP contribution in [0.4, 0.5) is 5.69 Å². The Kier molecular flexibility index (Phi) is 6.22. The highest BCUT2D eigenvalue weighted by atomic mass is 35.5. The van der Waals surface area contributed by atoms with Crippen molar-refractivity contribution in [1.82, 2.24) is 4.98 Å². The molecule has 3 rings (SSSR count). The summed E-state index contributed by atoms with van der Waals surface area (Å²) in [5, 5.41) is 23.5. The second-order valence-electron chi connectivity index (χ2n) is 5.56. The Balaban J connectivity index is 1.81. The van der Waals surface area contributed by atoms with Gasteiger partial charge in [0, 0.05) is 28.1 Å². The Morgan fingerprint density at radius 2 is 1.96 bits per heavy atom. The first kappa shape index (κ1) is 19.8. The first-order chi connectivity index (χ1) is 13.5. The minimum absolute atomic E-state index is 0.0292. The number of non-ortho nitro benzene ring substituents is 1. The van der Waals surface area contributed by atoms with Crippen molar-refractivity contribution >= 4 is 51.9 Å². The third-order valence-electron chi connectivity index (χ3n) is 3.72. The smallest absolute Gasteiger partial charge is 0.258 e. The Bertz CT molecular complexity index is 1130. The van der Waals surface area contributed by atoms with Crippen molar-refractivity contribution in [1.29, 1.82) is 5.26 Å². The molecule has 8 heteroatoms. The van der Waals surface area contributed by atoms with Gasteiger partial charge < -0.3 is 0 Å². The summed E-state index contributed by atoms with van der Waals surface area (Å²) in [5.41, 5.74) is 2.63. The maximum absolute atomic E-state index is 10.7. The number of nitrogens with zero attached hydrogens (tertiary/aromatic N) is 3. The molecule has 0 aliphatic carbocycles. The van der Waals surface area contributed by atoms with Gasteiger partial charge in [0.2, 0.25) is 0 Å². The molecule has 0 saturated carbocycles. The zero-order chi connectivity index (χ0) is 20.1. The zero-order valence-electron chi connectivity index (χ0n) is 14.2. The number of rotatable bonds is 5. The molecule has 0 spiro atoms. The fraction of sp³-hybridized carbons (Fsp3) is 0. The lowest BCUT2D eigenvalue weighted by Gasteiger charge is -2.00. The van der Waals surface area contributed by atoms with Crippen molar-refractivity contribution < 1.29 is 4.92 Å². The third kappa shape index (κ3) is 4.65. The number of nitro benzene ring substituents is 1. The van der Waals surface area contributed by atoms with E-state index in [4.69, 9.17) is 23.2 Å². The molecule has 0 amide bonds. The molecule has 0 radical (unpaired) electrons. The van der Waals surface area contributed by atoms with Crippen LogP contribution in [0.15, 0.2) is 60.0 Å². The number of halogens is 2. The van der Waals surface area contributed by atoms with Crippen molar-refractivity contribution in [2.45, 2.75) is 0 Å². The molecule has 0 fully saturated rings. The first-order valence-electron chi connectivity index (χ1n) is 7.92. The summed E-state index contributed by atoms with van der Waals surface area (Å²) in [6, 6.07) is 13.4. The quantitative estimate of drug-likeness (QED) is 0.197. The normalized spacial score (nSPS) is 11.5. The summed E-state index contributed by atoms with van der Waals surface area (Å²) in [6.07, 6.45) is 5.11. The molecule has 1 aromatic heterocycles. The lowest BCUT2D eigenvalue weighted by atomic mass is 10.1. The largest absolute Gasteiger partial charge is 0.269 e. The molecule has 2 aromatic carbocycles. The summed E-state index contributed by atoms with van der Waals surface area (Å²) in [4.78, 5) is 14.7. The van der Waals surface area contributed by atoms with Crippen LogP contribution in [0.1, 0.15) is 10.6 Å². The number of hydrogen-bond acceptors (Lipinski definition) is 5. The molecule has 3 aromatic rings. The molecule has 0 atom stereocenters. The number of hydrogen-bond donors (Lipinski definition) is 0. The van der Waals surface area contributed by atoms with Crippen LogP contribution in [-0.2, 0) is 0 Å². The number of benzene rings is 2. The van der Waals surface area contributed by atoms with Crippen LogP contribution in [0, 0.1) is 21.4 Å². The van der Waals surface area contributed by atoms with Crippen LogP contribution in [-0.4, -0.2) is 9.91 Å². The van der Waals surface area contributed by atoms with E-state index in [2.05, 4.69) is 11.1 Å². The fourth-order valence-electron chi connectivity index (χ4n) is 2.34. The Morgan fingerprint density at radius 1 is 1.21 bits per heavy atom. The van der Waals surface area contributed by atoms with Crippen LogP contribution >= 0.6 is 34.5 Å². The van der Waals surface area contributed by atoms with E-state index in [1.807, 2.05) is 5.38 Å². The van der Waals surface area contributed by atoms with Crippen molar-refractivity contribution in [3.8, 4) is 17.3 Å². The number of thiazole rings is 1. The van der Waals surface area contributed by atoms with E-state index < -0.39 is 4.92 Å². The topological polar surface area (TPSA) is 79.8 Å². The molecule has 0 N–H and O–H groups in total. The number of nitriles is 1. The van der Waals surface area contributed by atoms with Crippen LogP contribution in [0.3, 0.4) is 0 Å². The van der Waals surface area contributed by atoms with Gasteiger partial charge in [0.25, 0.3) is 5.69 Å². The van der Waals surface area contributed by atoms with E-state index in [0.717, 1.165) is 11.1 Å². The molecule has 0 saturated heterocycles. The molecule has 0 aliphatic rings. The maximum atomic E-state index is 10.7. The SMILES string of the molecule is N#C/C(=C\C=C\c1ccc([N+](=O)[O-])cc1)c1nc(-c2ccc(Cl)cc2Cl)cs1. The molecule has 1 heterocycles. The first-order valence-corrected chi connectivity index (χ1v) is 9.56. The van der Waals surface area contributed by atoms with E-state index in [0.29, 0.717) is 26.3 Å². The average Bonchev–Trinajstić information content (AvgIpc) is 3.15. The van der Waals surface area contributed by atoms with Gasteiger partial charge in [0.15, 0.2) is 0 Å². The Labute approximate surface area is 175 Å². The highest BCUT2D eigenvalue weighted by Gasteiger charge is 2.11. The van der Waals surface area contributed by atoms with Gasteiger partial charge in [-0.05, 0) is 42.0 Å². The van der Waals surface area contributed by atoms with Gasteiger partial charge in [-0.3, -0.25) is 10.1 Å². The summed E-state index contributed by atoms with van der Waals surface area (Å²) < 4.78 is 0. The fourth-order valence-corrected chi connectivity index (χ4v) is 3.64. The molecule has 0 aliphatic heterocycles. The van der Waals surface area contributed by atoms with Crippen molar-refractivity contribution in [2.24, 2.45) is 0 Å². The van der Waals surface area contributed by atoms with Crippen LogP contribution < -0.4 is 0 Å². The molecular formula is C20H11Cl2N3O2S. The average molecular weight is 428 g/mol. The van der Waals surface area contributed by atoms with E-state index in [-0.39, 0.29) is 5.69 Å². The number of allylic oxidation sites excluding steroid dienone is 3. The van der Waals surface area contributed by atoms with E-state index in [1.165, 1.54) is 23.5 Å². The predicted octanol–water partition coefficient (Wildman–Crippen LogP) is 6.65. The minimum atomic E-state index is -0.450. The third-order valence-corrected chi connectivity index (χ3v) is 5.14. The van der Waals surface area contributed by atoms with Crippen molar-refractivity contribution in [3.05, 3.63) is 90.7 Å². The zero-order valence-corrected chi connectivity index (χ0v) is 16.5. The summed E-state index contributed by atoms with van der Waals surface area (Å²) >= 11 is 13.5. The van der Waals surface area contributed by atoms with Crippen molar-refractivity contribution in [3.63, 3.8) is 0 Å². The highest BCUT2D eigenvalue weighted by Crippen LogP contribution is 2.32. The Hall–Kier alpha value is -2.98. The lowest BCUT2D eigenvalue weighted by molar-refractivity contribution is -0.384. The molecule has 28 heavy (non-hydrogen) atoms. The van der Waals surface area contributed by atoms with E-state index in [9.17, 15) is 15.4 Å². The molecule has 138 valence electrons. The van der Waals surface area contributed by atoms with Crippen LogP contribution in [0.5, 0.6) is 0 Å². The number of aromatic nitrogens is 1. The van der Waals surface area contributed by atoms with Crippen molar-refractivity contribution in [2.75, 3.05) is 0 Å². The Morgan fingerprint density at radius 3 is 2.61 bits per heavy atom. The monoisotopic (exact) mass is 427 g/mol. The maximum Gasteiger partial charge on any atom is 0.269 e. The second-order valence-corrected chi connectivity index (χ2v) is 7.26. The van der Waals surface area contributed by atoms with Gasteiger partial charge in [-0.25, -0.2) is 4.98 Å². The lowest BCUT2D eigenvalue weighted by Crippen LogP contribution is -1.86. The molecule has 0 unspecified atom stereocenters. The standard InChI is InChI=1S/C20H11Cl2N3O2S/c21-15-6-9-17(18(22)10-15)19-12-28-20(24-19)14(11-23)3-1-2-13-4-7-16(8-5-13)25(26)27/h1-10,12H/b2-1+,14-3+. The molecular weight excluding hydrogens is 417 g/mol. The van der Waals surface area contributed by atoms with E-state index >= 15 is 0 Å². The van der Waals surface area contributed by atoms with Crippen LogP contribution in [0.2, 0.25) is 10.0 Å². The van der Waals surface area contributed by atoms with Crippen LogP contribution in [0.25, 0.3) is 22.9 Å². The second kappa shape index (κ2) is 8.81. The van der Waals surface area contributed by atoms with Gasteiger partial charge in [-0.15, -0.1) is 11.3 Å². The van der Waals surface area contributed by atoms with Gasteiger partial charge in [0.1, 0.15) is 11.1 Å².